The van der Waals surface area contributed by atoms with E-state index < -0.39 is 0 Å². The highest BCUT2D eigenvalue weighted by Gasteiger charge is 2.01. The van der Waals surface area contributed by atoms with Crippen LogP contribution >= 0.6 is 0 Å². The van der Waals surface area contributed by atoms with Crippen molar-refractivity contribution in [2.75, 3.05) is 6.73 Å². The number of pyridine rings is 1. The molecule has 0 fully saturated rings. The highest BCUT2D eigenvalue weighted by molar-refractivity contribution is 5.48. The maximum Gasteiger partial charge on any atom is 0.235 e. The van der Waals surface area contributed by atoms with Gasteiger partial charge in [0, 0.05) is 18.3 Å². The zero-order valence-electron chi connectivity index (χ0n) is 8.97. The average molecular weight is 205 g/mol. The molecule has 2 rings (SSSR count). The molecule has 0 unspecified atom stereocenters. The Labute approximate surface area is 88.9 Å². The predicted molar refractivity (Wildman–Crippen MR) is 59.0 cm³/mol. The smallest absolute Gasteiger partial charge is 0.235 e. The molecule has 0 spiro atoms. The molecule has 0 amide bonds. The minimum absolute atomic E-state index is 0.419. The highest BCUT2D eigenvalue weighted by atomic mass is 16.5. The Morgan fingerprint density at radius 3 is 3.07 bits per heavy atom. The molecule has 2 heterocycles. The number of hydrogen-bond donors (Lipinski definition) is 1. The van der Waals surface area contributed by atoms with Crippen molar-refractivity contribution in [3.63, 3.8) is 0 Å². The molecule has 0 radical (unpaired) electrons. The molecule has 15 heavy (non-hydrogen) atoms. The van der Waals surface area contributed by atoms with Gasteiger partial charge in [-0.05, 0) is 26.0 Å². The lowest BCUT2D eigenvalue weighted by molar-refractivity contribution is 0.260. The van der Waals surface area contributed by atoms with Gasteiger partial charge in [-0.3, -0.25) is 5.32 Å². The van der Waals surface area contributed by atoms with Crippen LogP contribution in [0.25, 0.3) is 5.52 Å². The zero-order valence-corrected chi connectivity index (χ0v) is 8.97. The van der Waals surface area contributed by atoms with E-state index in [-0.39, 0.29) is 0 Å². The molecular formula is C11H15N3O. The van der Waals surface area contributed by atoms with Crippen LogP contribution in [-0.4, -0.2) is 22.4 Å². The average Bonchev–Trinajstić information content (AvgIpc) is 2.59. The van der Waals surface area contributed by atoms with Gasteiger partial charge in [0.05, 0.1) is 5.52 Å². The van der Waals surface area contributed by atoms with Gasteiger partial charge in [0.25, 0.3) is 0 Å². The molecule has 0 aromatic carbocycles. The number of nitrogens with one attached hydrogen (secondary N) is 1. The van der Waals surface area contributed by atoms with Crippen LogP contribution < -0.4 is 10.1 Å². The van der Waals surface area contributed by atoms with E-state index in [2.05, 4.69) is 24.3 Å². The van der Waals surface area contributed by atoms with Gasteiger partial charge in [0.15, 0.2) is 0 Å². The van der Waals surface area contributed by atoms with E-state index in [1.54, 1.807) is 4.52 Å². The van der Waals surface area contributed by atoms with Crippen LogP contribution in [0.15, 0.2) is 30.5 Å². The quantitative estimate of drug-likeness (QED) is 0.772. The maximum absolute atomic E-state index is 5.46. The first-order valence-electron chi connectivity index (χ1n) is 5.06. The minimum Gasteiger partial charge on any atom is -0.461 e. The number of aromatic nitrogens is 2. The molecule has 0 saturated carbocycles. The molecule has 0 atom stereocenters. The zero-order chi connectivity index (χ0) is 10.7. The fourth-order valence-corrected chi connectivity index (χ4v) is 1.27. The normalized spacial score (nSPS) is 11.1. The first-order chi connectivity index (χ1) is 7.25. The summed E-state index contributed by atoms with van der Waals surface area (Å²) in [5.74, 6) is 0.648. The number of ether oxygens (including phenoxy) is 1. The number of fused-ring (bicyclic) bond motifs is 1. The Kier molecular flexibility index (Phi) is 2.87. The molecule has 1 N–H and O–H groups in total. The first kappa shape index (κ1) is 9.98. The van der Waals surface area contributed by atoms with Crippen LogP contribution in [0, 0.1) is 0 Å². The summed E-state index contributed by atoms with van der Waals surface area (Å²) in [6, 6.07) is 8.25. The fraction of sp³-hybridized carbons (Fsp3) is 0.364. The van der Waals surface area contributed by atoms with Crippen molar-refractivity contribution < 1.29 is 4.74 Å². The molecule has 0 aliphatic rings. The van der Waals surface area contributed by atoms with Crippen LogP contribution in [-0.2, 0) is 0 Å². The maximum atomic E-state index is 5.46. The third-order valence-corrected chi connectivity index (χ3v) is 2.06. The lowest BCUT2D eigenvalue weighted by Gasteiger charge is -2.07. The molecule has 0 saturated heterocycles. The van der Waals surface area contributed by atoms with Gasteiger partial charge < -0.3 is 4.74 Å². The second-order valence-corrected chi connectivity index (χ2v) is 3.70. The molecule has 0 aliphatic carbocycles. The minimum atomic E-state index is 0.419. The molecule has 4 nitrogen and oxygen atoms in total. The summed E-state index contributed by atoms with van der Waals surface area (Å²) >= 11 is 0. The van der Waals surface area contributed by atoms with Crippen molar-refractivity contribution in [3.8, 4) is 5.88 Å². The molecule has 0 aliphatic heterocycles. The van der Waals surface area contributed by atoms with Crippen LogP contribution in [0.2, 0.25) is 0 Å². The van der Waals surface area contributed by atoms with E-state index in [1.165, 1.54) is 0 Å². The van der Waals surface area contributed by atoms with E-state index in [1.807, 2.05) is 30.5 Å². The molecule has 4 heteroatoms. The van der Waals surface area contributed by atoms with E-state index >= 15 is 0 Å². The lowest BCUT2D eigenvalue weighted by atomic mass is 10.4. The number of rotatable bonds is 4. The lowest BCUT2D eigenvalue weighted by Crippen LogP contribution is -2.27. The summed E-state index contributed by atoms with van der Waals surface area (Å²) in [5.41, 5.74) is 1.04. The van der Waals surface area contributed by atoms with Gasteiger partial charge in [0.1, 0.15) is 6.73 Å². The van der Waals surface area contributed by atoms with E-state index in [0.29, 0.717) is 18.7 Å². The molecule has 2 aromatic rings. The number of hydrogen-bond acceptors (Lipinski definition) is 3. The highest BCUT2D eigenvalue weighted by Crippen LogP contribution is 2.11. The largest absolute Gasteiger partial charge is 0.461 e. The summed E-state index contributed by atoms with van der Waals surface area (Å²) in [7, 11) is 0. The van der Waals surface area contributed by atoms with E-state index in [4.69, 9.17) is 4.74 Å². The molecular weight excluding hydrogens is 190 g/mol. The SMILES string of the molecule is CC(C)NCOc1cc2ccccn2n1. The van der Waals surface area contributed by atoms with Crippen molar-refractivity contribution in [2.45, 2.75) is 19.9 Å². The van der Waals surface area contributed by atoms with Gasteiger partial charge in [-0.1, -0.05) is 6.07 Å². The Hall–Kier alpha value is -1.55. The monoisotopic (exact) mass is 205 g/mol. The van der Waals surface area contributed by atoms with Crippen LogP contribution in [0.1, 0.15) is 13.8 Å². The number of nitrogens with zero attached hydrogens (tertiary/aromatic N) is 2. The topological polar surface area (TPSA) is 38.6 Å². The summed E-state index contributed by atoms with van der Waals surface area (Å²) in [6.45, 7) is 4.64. The fourth-order valence-electron chi connectivity index (χ4n) is 1.27. The van der Waals surface area contributed by atoms with Crippen molar-refractivity contribution in [1.29, 1.82) is 0 Å². The van der Waals surface area contributed by atoms with Gasteiger partial charge in [-0.25, -0.2) is 4.52 Å². The summed E-state index contributed by atoms with van der Waals surface area (Å²) in [6.07, 6.45) is 1.90. The van der Waals surface area contributed by atoms with E-state index in [9.17, 15) is 0 Å². The Morgan fingerprint density at radius 1 is 1.47 bits per heavy atom. The van der Waals surface area contributed by atoms with Crippen molar-refractivity contribution >= 4 is 5.52 Å². The van der Waals surface area contributed by atoms with Gasteiger partial charge >= 0.3 is 0 Å². The van der Waals surface area contributed by atoms with Crippen molar-refractivity contribution in [3.05, 3.63) is 30.5 Å². The summed E-state index contributed by atoms with van der Waals surface area (Å²) < 4.78 is 7.26. The summed E-state index contributed by atoms with van der Waals surface area (Å²) in [4.78, 5) is 0. The van der Waals surface area contributed by atoms with E-state index in [0.717, 1.165) is 5.52 Å². The first-order valence-corrected chi connectivity index (χ1v) is 5.06. The Bertz CT molecular complexity index is 403. The van der Waals surface area contributed by atoms with Gasteiger partial charge in [-0.2, -0.15) is 0 Å². The van der Waals surface area contributed by atoms with Crippen LogP contribution in [0.4, 0.5) is 0 Å². The second kappa shape index (κ2) is 4.31. The molecule has 80 valence electrons. The molecule has 0 bridgehead atoms. The second-order valence-electron chi connectivity index (χ2n) is 3.70. The van der Waals surface area contributed by atoms with Crippen LogP contribution in [0.3, 0.4) is 0 Å². The van der Waals surface area contributed by atoms with Gasteiger partial charge in [-0.15, -0.1) is 5.10 Å². The Morgan fingerprint density at radius 2 is 2.33 bits per heavy atom. The third kappa shape index (κ3) is 2.47. The third-order valence-electron chi connectivity index (χ3n) is 2.06. The van der Waals surface area contributed by atoms with Gasteiger partial charge in [0.2, 0.25) is 5.88 Å². The van der Waals surface area contributed by atoms with Crippen molar-refractivity contribution in [2.24, 2.45) is 0 Å². The molecule has 2 aromatic heterocycles. The standard InChI is InChI=1S/C11H15N3O/c1-9(2)12-8-15-11-7-10-5-3-4-6-14(10)13-11/h3-7,9,12H,8H2,1-2H3. The Balaban J connectivity index is 2.03. The predicted octanol–water partition coefficient (Wildman–Crippen LogP) is 1.67. The summed E-state index contributed by atoms with van der Waals surface area (Å²) in [5, 5.41) is 7.43. The van der Waals surface area contributed by atoms with Crippen molar-refractivity contribution in [1.82, 2.24) is 14.9 Å². The van der Waals surface area contributed by atoms with Crippen LogP contribution in [0.5, 0.6) is 5.88 Å².